The number of nitrogens with one attached hydrogen (secondary N) is 1. The molecule has 3 heterocycles. The molecule has 1 atom stereocenters. The molecule has 1 aromatic heterocycles. The van der Waals surface area contributed by atoms with Crippen molar-refractivity contribution in [1.82, 2.24) is 19.2 Å². The van der Waals surface area contributed by atoms with Gasteiger partial charge in [-0.25, -0.2) is 13.4 Å². The summed E-state index contributed by atoms with van der Waals surface area (Å²) in [7, 11) is -3.70. The Morgan fingerprint density at radius 3 is 2.93 bits per heavy atom. The van der Waals surface area contributed by atoms with Crippen LogP contribution in [0.4, 0.5) is 0 Å². The van der Waals surface area contributed by atoms with Crippen LogP contribution in [-0.4, -0.2) is 48.1 Å². The summed E-state index contributed by atoms with van der Waals surface area (Å²) >= 11 is 0. The Bertz CT molecular complexity index is 1000. The lowest BCUT2D eigenvalue weighted by molar-refractivity contribution is -0.126. The minimum absolute atomic E-state index is 0.0285. The maximum atomic E-state index is 12.9. The summed E-state index contributed by atoms with van der Waals surface area (Å²) in [5.41, 5.74) is 0.896. The van der Waals surface area contributed by atoms with Gasteiger partial charge in [0.1, 0.15) is 0 Å². The van der Waals surface area contributed by atoms with Gasteiger partial charge in [-0.2, -0.15) is 4.31 Å². The number of amides is 1. The first-order valence-electron chi connectivity index (χ1n) is 9.65. The molecule has 0 spiro atoms. The summed E-state index contributed by atoms with van der Waals surface area (Å²) in [5, 5.41) is 2.94. The molecular weight excluding hydrogens is 396 g/mol. The van der Waals surface area contributed by atoms with Crippen LogP contribution in [0.5, 0.6) is 11.5 Å². The Kier molecular flexibility index (Phi) is 5.46. The van der Waals surface area contributed by atoms with Crippen LogP contribution in [0.3, 0.4) is 0 Å². The second-order valence-electron chi connectivity index (χ2n) is 7.15. The zero-order chi connectivity index (χ0) is 20.4. The molecule has 156 valence electrons. The fraction of sp³-hybridized carbons (Fsp3) is 0.474. The Hall–Kier alpha value is -2.59. The van der Waals surface area contributed by atoms with E-state index in [0.29, 0.717) is 44.0 Å². The molecule has 4 rings (SSSR count). The number of hydrogen-bond acceptors (Lipinski definition) is 6. The van der Waals surface area contributed by atoms with Crippen LogP contribution in [-0.2, 0) is 27.9 Å². The van der Waals surface area contributed by atoms with E-state index in [9.17, 15) is 13.2 Å². The summed E-state index contributed by atoms with van der Waals surface area (Å²) in [6.45, 7) is 3.67. The third kappa shape index (κ3) is 4.08. The molecule has 2 aliphatic heterocycles. The third-order valence-electron chi connectivity index (χ3n) is 5.24. The van der Waals surface area contributed by atoms with E-state index in [1.165, 1.54) is 16.8 Å². The molecule has 2 aromatic rings. The number of hydrogen-bond donors (Lipinski definition) is 1. The van der Waals surface area contributed by atoms with Gasteiger partial charge >= 0.3 is 0 Å². The Balaban J connectivity index is 1.38. The molecule has 1 saturated heterocycles. The van der Waals surface area contributed by atoms with Crippen LogP contribution in [0.15, 0.2) is 35.7 Å². The average Bonchev–Trinajstić information content (AvgIpc) is 3.41. The molecule has 10 heteroatoms. The van der Waals surface area contributed by atoms with E-state index in [4.69, 9.17) is 9.47 Å². The molecule has 1 fully saturated rings. The second kappa shape index (κ2) is 8.03. The van der Waals surface area contributed by atoms with E-state index < -0.39 is 10.0 Å². The fourth-order valence-corrected chi connectivity index (χ4v) is 5.00. The van der Waals surface area contributed by atoms with Gasteiger partial charge in [0, 0.05) is 32.4 Å². The zero-order valence-electron chi connectivity index (χ0n) is 16.2. The van der Waals surface area contributed by atoms with Crippen LogP contribution in [0.25, 0.3) is 0 Å². The minimum Gasteiger partial charge on any atom is -0.454 e. The molecule has 0 aliphatic carbocycles. The maximum absolute atomic E-state index is 12.9. The monoisotopic (exact) mass is 420 g/mol. The number of benzene rings is 1. The standard InChI is InChI=1S/C19H24N4O5S/c1-2-22-11-18(21-12-22)29(25,26)23-7-3-4-15(10-23)19(24)20-9-14-5-6-16-17(8-14)28-13-27-16/h5-6,8,11-12,15H,2-4,7,9-10,13H2,1H3,(H,20,24)/t15-/m0/s1. The number of aromatic nitrogens is 2. The van der Waals surface area contributed by atoms with E-state index in [2.05, 4.69) is 10.3 Å². The van der Waals surface area contributed by atoms with Crippen LogP contribution >= 0.6 is 0 Å². The lowest BCUT2D eigenvalue weighted by Gasteiger charge is -2.30. The second-order valence-corrected chi connectivity index (χ2v) is 9.03. The first-order valence-corrected chi connectivity index (χ1v) is 11.1. The highest BCUT2D eigenvalue weighted by molar-refractivity contribution is 7.89. The largest absolute Gasteiger partial charge is 0.454 e. The van der Waals surface area contributed by atoms with Crippen molar-refractivity contribution in [1.29, 1.82) is 0 Å². The summed E-state index contributed by atoms with van der Waals surface area (Å²) < 4.78 is 39.4. The number of carbonyl (C=O) groups is 1. The summed E-state index contributed by atoms with van der Waals surface area (Å²) in [4.78, 5) is 16.7. The van der Waals surface area contributed by atoms with Crippen molar-refractivity contribution in [2.24, 2.45) is 5.92 Å². The number of nitrogens with zero attached hydrogens (tertiary/aromatic N) is 3. The highest BCUT2D eigenvalue weighted by Crippen LogP contribution is 2.32. The molecule has 0 saturated carbocycles. The zero-order valence-corrected chi connectivity index (χ0v) is 17.0. The number of imidazole rings is 1. The predicted molar refractivity (Wildman–Crippen MR) is 104 cm³/mol. The quantitative estimate of drug-likeness (QED) is 0.757. The van der Waals surface area contributed by atoms with Gasteiger partial charge < -0.3 is 19.4 Å². The van der Waals surface area contributed by atoms with Crippen molar-refractivity contribution in [2.75, 3.05) is 19.9 Å². The molecule has 2 aliphatic rings. The van der Waals surface area contributed by atoms with E-state index >= 15 is 0 Å². The summed E-state index contributed by atoms with van der Waals surface area (Å²) in [5.74, 6) is 0.819. The van der Waals surface area contributed by atoms with Crippen molar-refractivity contribution in [3.63, 3.8) is 0 Å². The average molecular weight is 420 g/mol. The van der Waals surface area contributed by atoms with E-state index in [1.54, 1.807) is 4.57 Å². The first-order chi connectivity index (χ1) is 14.0. The maximum Gasteiger partial charge on any atom is 0.262 e. The third-order valence-corrected chi connectivity index (χ3v) is 6.99. The van der Waals surface area contributed by atoms with Crippen LogP contribution in [0.1, 0.15) is 25.3 Å². The highest BCUT2D eigenvalue weighted by Gasteiger charge is 2.34. The van der Waals surface area contributed by atoms with Gasteiger partial charge in [-0.1, -0.05) is 6.07 Å². The number of rotatable bonds is 6. The predicted octanol–water partition coefficient (Wildman–Crippen LogP) is 1.35. The summed E-state index contributed by atoms with van der Waals surface area (Å²) in [6, 6.07) is 5.52. The van der Waals surface area contributed by atoms with Gasteiger partial charge in [0.2, 0.25) is 12.7 Å². The Labute approximate surface area is 169 Å². The molecule has 9 nitrogen and oxygen atoms in total. The van der Waals surface area contributed by atoms with Gasteiger partial charge in [0.15, 0.2) is 16.5 Å². The van der Waals surface area contributed by atoms with Crippen LogP contribution in [0.2, 0.25) is 0 Å². The van der Waals surface area contributed by atoms with Gasteiger partial charge in [0.25, 0.3) is 10.0 Å². The lowest BCUT2D eigenvalue weighted by atomic mass is 9.98. The van der Waals surface area contributed by atoms with Gasteiger partial charge in [0.05, 0.1) is 12.2 Å². The molecule has 0 bridgehead atoms. The van der Waals surface area contributed by atoms with Crippen molar-refractivity contribution >= 4 is 15.9 Å². The molecule has 0 radical (unpaired) electrons. The number of ether oxygens (including phenoxy) is 2. The van der Waals surface area contributed by atoms with Gasteiger partial charge in [-0.15, -0.1) is 0 Å². The van der Waals surface area contributed by atoms with Crippen molar-refractivity contribution in [3.05, 3.63) is 36.3 Å². The van der Waals surface area contributed by atoms with E-state index in [-0.39, 0.29) is 30.2 Å². The SMILES string of the molecule is CCn1cnc(S(=O)(=O)N2CCC[C@H](C(=O)NCc3ccc4c(c3)OCO4)C2)c1. The molecular formula is C19H24N4O5S. The first kappa shape index (κ1) is 19.7. The number of carbonyl (C=O) groups excluding carboxylic acids is 1. The van der Waals surface area contributed by atoms with Crippen LogP contribution in [0, 0.1) is 5.92 Å². The van der Waals surface area contributed by atoms with Crippen molar-refractivity contribution < 1.29 is 22.7 Å². The smallest absolute Gasteiger partial charge is 0.262 e. The van der Waals surface area contributed by atoms with Crippen molar-refractivity contribution in [2.45, 2.75) is 37.9 Å². The molecule has 1 N–H and O–H groups in total. The Morgan fingerprint density at radius 1 is 1.31 bits per heavy atom. The number of fused-ring (bicyclic) bond motifs is 1. The number of sulfonamides is 1. The fourth-order valence-electron chi connectivity index (χ4n) is 3.54. The molecule has 0 unspecified atom stereocenters. The highest BCUT2D eigenvalue weighted by atomic mass is 32.2. The number of piperidine rings is 1. The van der Waals surface area contributed by atoms with Gasteiger partial charge in [-0.3, -0.25) is 4.79 Å². The summed E-state index contributed by atoms with van der Waals surface area (Å²) in [6.07, 6.45) is 4.32. The number of aryl methyl sites for hydroxylation is 1. The Morgan fingerprint density at radius 2 is 2.14 bits per heavy atom. The van der Waals surface area contributed by atoms with E-state index in [1.807, 2.05) is 25.1 Å². The normalized spacial score (nSPS) is 19.3. The molecule has 1 aromatic carbocycles. The van der Waals surface area contributed by atoms with Crippen molar-refractivity contribution in [3.8, 4) is 11.5 Å². The van der Waals surface area contributed by atoms with Crippen LogP contribution < -0.4 is 14.8 Å². The molecule has 29 heavy (non-hydrogen) atoms. The van der Waals surface area contributed by atoms with Gasteiger partial charge in [-0.05, 0) is 37.5 Å². The van der Waals surface area contributed by atoms with E-state index in [0.717, 1.165) is 5.56 Å². The minimum atomic E-state index is -3.70. The topological polar surface area (TPSA) is 103 Å². The molecule has 1 amide bonds. The lowest BCUT2D eigenvalue weighted by Crippen LogP contribution is -2.45.